The van der Waals surface area contributed by atoms with Crippen molar-refractivity contribution < 1.29 is 4.92 Å². The number of para-hydroxylation sites is 1. The lowest BCUT2D eigenvalue weighted by molar-refractivity contribution is -0.383. The summed E-state index contributed by atoms with van der Waals surface area (Å²) < 4.78 is 0. The Kier molecular flexibility index (Phi) is 3.99. The number of hydrogen-bond acceptors (Lipinski definition) is 5. The SMILES string of the molecule is CCNc1cccc(N2CCNCC2)c1[N+](=O)[O-]. The van der Waals surface area contributed by atoms with Gasteiger partial charge in [-0.3, -0.25) is 10.1 Å². The predicted molar refractivity (Wildman–Crippen MR) is 72.3 cm³/mol. The lowest BCUT2D eigenvalue weighted by Gasteiger charge is -2.29. The summed E-state index contributed by atoms with van der Waals surface area (Å²) in [6, 6.07) is 5.44. The third-order valence-electron chi connectivity index (χ3n) is 3.02. The molecule has 0 radical (unpaired) electrons. The zero-order valence-electron chi connectivity index (χ0n) is 10.5. The molecular formula is C12H18N4O2. The van der Waals surface area contributed by atoms with Gasteiger partial charge in [-0.2, -0.15) is 0 Å². The van der Waals surface area contributed by atoms with Gasteiger partial charge in [0.1, 0.15) is 11.4 Å². The molecule has 0 aromatic heterocycles. The Morgan fingerprint density at radius 2 is 2.17 bits per heavy atom. The summed E-state index contributed by atoms with van der Waals surface area (Å²) in [4.78, 5) is 13.1. The van der Waals surface area contributed by atoms with Crippen LogP contribution in [0.3, 0.4) is 0 Å². The highest BCUT2D eigenvalue weighted by Gasteiger charge is 2.24. The molecule has 0 aliphatic carbocycles. The number of piperazine rings is 1. The van der Waals surface area contributed by atoms with Gasteiger partial charge in [0.25, 0.3) is 0 Å². The number of nitrogens with zero attached hydrogens (tertiary/aromatic N) is 2. The van der Waals surface area contributed by atoms with Crippen LogP contribution >= 0.6 is 0 Å². The Labute approximate surface area is 106 Å². The summed E-state index contributed by atoms with van der Waals surface area (Å²) in [6.07, 6.45) is 0. The van der Waals surface area contributed by atoms with E-state index in [1.807, 2.05) is 19.1 Å². The van der Waals surface area contributed by atoms with Gasteiger partial charge in [0.15, 0.2) is 0 Å². The number of benzene rings is 1. The molecule has 98 valence electrons. The molecule has 0 bridgehead atoms. The molecule has 1 aliphatic heterocycles. The fraction of sp³-hybridized carbons (Fsp3) is 0.500. The molecule has 0 spiro atoms. The third-order valence-corrected chi connectivity index (χ3v) is 3.02. The highest BCUT2D eigenvalue weighted by molar-refractivity contribution is 5.77. The lowest BCUT2D eigenvalue weighted by Crippen LogP contribution is -2.43. The first-order chi connectivity index (χ1) is 8.74. The van der Waals surface area contributed by atoms with Gasteiger partial charge < -0.3 is 15.5 Å². The minimum atomic E-state index is -0.296. The maximum absolute atomic E-state index is 11.3. The van der Waals surface area contributed by atoms with Crippen LogP contribution in [0.2, 0.25) is 0 Å². The molecule has 6 heteroatoms. The Hall–Kier alpha value is -1.82. The normalized spacial score (nSPS) is 15.5. The van der Waals surface area contributed by atoms with E-state index in [0.717, 1.165) is 26.2 Å². The van der Waals surface area contributed by atoms with Crippen molar-refractivity contribution in [1.29, 1.82) is 0 Å². The number of nitrogens with one attached hydrogen (secondary N) is 2. The molecule has 1 aromatic carbocycles. The maximum Gasteiger partial charge on any atom is 0.315 e. The molecule has 0 atom stereocenters. The van der Waals surface area contributed by atoms with Gasteiger partial charge in [0.05, 0.1) is 4.92 Å². The van der Waals surface area contributed by atoms with Crippen LogP contribution in [0, 0.1) is 10.1 Å². The number of nitro benzene ring substituents is 1. The lowest BCUT2D eigenvalue weighted by atomic mass is 10.2. The van der Waals surface area contributed by atoms with E-state index in [2.05, 4.69) is 15.5 Å². The van der Waals surface area contributed by atoms with Crippen molar-refractivity contribution in [3.05, 3.63) is 28.3 Å². The van der Waals surface area contributed by atoms with Crippen molar-refractivity contribution in [3.8, 4) is 0 Å². The zero-order chi connectivity index (χ0) is 13.0. The smallest absolute Gasteiger partial charge is 0.315 e. The standard InChI is InChI=1S/C12H18N4O2/c1-2-14-10-4-3-5-11(12(10)16(17)18)15-8-6-13-7-9-15/h3-5,13-14H,2,6-9H2,1H3. The summed E-state index contributed by atoms with van der Waals surface area (Å²) >= 11 is 0. The van der Waals surface area contributed by atoms with E-state index in [0.29, 0.717) is 17.9 Å². The highest BCUT2D eigenvalue weighted by Crippen LogP contribution is 2.35. The predicted octanol–water partition coefficient (Wildman–Crippen LogP) is 1.44. The van der Waals surface area contributed by atoms with Crippen LogP contribution in [-0.2, 0) is 0 Å². The molecular weight excluding hydrogens is 232 g/mol. The molecule has 0 unspecified atom stereocenters. The monoisotopic (exact) mass is 250 g/mol. The van der Waals surface area contributed by atoms with Crippen molar-refractivity contribution in [2.45, 2.75) is 6.92 Å². The second-order valence-electron chi connectivity index (χ2n) is 4.20. The molecule has 1 saturated heterocycles. The topological polar surface area (TPSA) is 70.4 Å². The van der Waals surface area contributed by atoms with Crippen molar-refractivity contribution in [2.24, 2.45) is 0 Å². The van der Waals surface area contributed by atoms with Crippen molar-refractivity contribution in [3.63, 3.8) is 0 Å². The largest absolute Gasteiger partial charge is 0.380 e. The molecule has 1 heterocycles. The molecule has 2 N–H and O–H groups in total. The number of rotatable bonds is 4. The van der Waals surface area contributed by atoms with Crippen molar-refractivity contribution in [1.82, 2.24) is 5.32 Å². The summed E-state index contributed by atoms with van der Waals surface area (Å²) in [6.45, 7) is 5.94. The number of anilines is 2. The van der Waals surface area contributed by atoms with Crippen LogP contribution in [-0.4, -0.2) is 37.6 Å². The molecule has 0 amide bonds. The molecule has 1 aliphatic rings. The van der Waals surface area contributed by atoms with Crippen LogP contribution in [0.5, 0.6) is 0 Å². The molecule has 2 rings (SSSR count). The molecule has 1 aromatic rings. The fourth-order valence-corrected chi connectivity index (χ4v) is 2.22. The summed E-state index contributed by atoms with van der Waals surface area (Å²) in [7, 11) is 0. The van der Waals surface area contributed by atoms with Gasteiger partial charge in [0, 0.05) is 32.7 Å². The number of nitro groups is 1. The molecule has 18 heavy (non-hydrogen) atoms. The number of hydrogen-bond donors (Lipinski definition) is 2. The van der Waals surface area contributed by atoms with E-state index in [4.69, 9.17) is 0 Å². The van der Waals surface area contributed by atoms with Crippen LogP contribution < -0.4 is 15.5 Å². The minimum Gasteiger partial charge on any atom is -0.380 e. The Morgan fingerprint density at radius 3 is 2.78 bits per heavy atom. The van der Waals surface area contributed by atoms with Crippen molar-refractivity contribution in [2.75, 3.05) is 42.9 Å². The fourth-order valence-electron chi connectivity index (χ4n) is 2.22. The Bertz CT molecular complexity index is 430. The zero-order valence-corrected chi connectivity index (χ0v) is 10.5. The first-order valence-corrected chi connectivity index (χ1v) is 6.21. The second kappa shape index (κ2) is 5.68. The second-order valence-corrected chi connectivity index (χ2v) is 4.20. The van der Waals surface area contributed by atoms with E-state index in [9.17, 15) is 10.1 Å². The van der Waals surface area contributed by atoms with E-state index in [-0.39, 0.29) is 10.6 Å². The highest BCUT2D eigenvalue weighted by atomic mass is 16.6. The van der Waals surface area contributed by atoms with Gasteiger partial charge >= 0.3 is 5.69 Å². The first kappa shape index (κ1) is 12.6. The van der Waals surface area contributed by atoms with E-state index >= 15 is 0 Å². The van der Waals surface area contributed by atoms with Gasteiger partial charge in [-0.05, 0) is 19.1 Å². The minimum absolute atomic E-state index is 0.182. The molecule has 1 fully saturated rings. The van der Waals surface area contributed by atoms with E-state index in [1.54, 1.807) is 6.07 Å². The van der Waals surface area contributed by atoms with Crippen LogP contribution in [0.25, 0.3) is 0 Å². The van der Waals surface area contributed by atoms with Crippen molar-refractivity contribution >= 4 is 17.1 Å². The van der Waals surface area contributed by atoms with Gasteiger partial charge in [0.2, 0.25) is 0 Å². The van der Waals surface area contributed by atoms with Gasteiger partial charge in [-0.1, -0.05) is 6.07 Å². The van der Waals surface area contributed by atoms with Gasteiger partial charge in [-0.25, -0.2) is 0 Å². The van der Waals surface area contributed by atoms with Crippen LogP contribution in [0.15, 0.2) is 18.2 Å². The average Bonchev–Trinajstić information content (AvgIpc) is 2.39. The quantitative estimate of drug-likeness (QED) is 0.625. The Balaban J connectivity index is 2.38. The average molecular weight is 250 g/mol. The molecule has 6 nitrogen and oxygen atoms in total. The summed E-state index contributed by atoms with van der Waals surface area (Å²) in [5, 5.41) is 17.6. The maximum atomic E-state index is 11.3. The van der Waals surface area contributed by atoms with Crippen LogP contribution in [0.4, 0.5) is 17.1 Å². The van der Waals surface area contributed by atoms with E-state index < -0.39 is 0 Å². The van der Waals surface area contributed by atoms with Crippen LogP contribution in [0.1, 0.15) is 6.92 Å². The Morgan fingerprint density at radius 1 is 1.44 bits per heavy atom. The first-order valence-electron chi connectivity index (χ1n) is 6.21. The molecule has 0 saturated carbocycles. The summed E-state index contributed by atoms with van der Waals surface area (Å²) in [5.41, 5.74) is 1.49. The van der Waals surface area contributed by atoms with E-state index in [1.165, 1.54) is 0 Å². The third kappa shape index (κ3) is 2.53. The van der Waals surface area contributed by atoms with Gasteiger partial charge in [-0.15, -0.1) is 0 Å². The summed E-state index contributed by atoms with van der Waals surface area (Å²) in [5.74, 6) is 0.